The number of carbonyl (C=O) groups excluding carboxylic acids is 1. The summed E-state index contributed by atoms with van der Waals surface area (Å²) in [6.07, 6.45) is 13.7. The second-order valence-corrected chi connectivity index (χ2v) is 10.7. The van der Waals surface area contributed by atoms with Gasteiger partial charge in [-0.2, -0.15) is 4.39 Å². The maximum atomic E-state index is 14.5. The number of nitrogens with one attached hydrogen (secondary N) is 2. The minimum Gasteiger partial charge on any atom is -0.320 e. The number of aromatic nitrogens is 6. The van der Waals surface area contributed by atoms with Crippen molar-refractivity contribution >= 4 is 17.2 Å². The van der Waals surface area contributed by atoms with E-state index in [9.17, 15) is 9.18 Å². The number of carbonyl (C=O) groups is 1. The standard InChI is InChI=1S/C27H31FN8O/c1-17-8-27(9-17,26-34-32-16-35(26)2)20-7-21(13-30-12-20)33-25(37)22-6-19(11-29-10-18-4-3-5-18)15-36-23(28)14-31-24(22)36/h6-7,12-18,29H,3-5,8-11H2,1-2H3,(H,33,37). The Kier molecular flexibility index (Phi) is 5.98. The van der Waals surface area contributed by atoms with E-state index in [0.29, 0.717) is 29.6 Å². The molecule has 0 saturated heterocycles. The van der Waals surface area contributed by atoms with E-state index in [4.69, 9.17) is 0 Å². The van der Waals surface area contributed by atoms with Crippen LogP contribution in [-0.2, 0) is 19.0 Å². The van der Waals surface area contributed by atoms with Gasteiger partial charge < -0.3 is 15.2 Å². The molecule has 10 heteroatoms. The van der Waals surface area contributed by atoms with Gasteiger partial charge in [0.1, 0.15) is 12.2 Å². The summed E-state index contributed by atoms with van der Waals surface area (Å²) >= 11 is 0. The predicted octanol–water partition coefficient (Wildman–Crippen LogP) is 3.85. The van der Waals surface area contributed by atoms with E-state index in [1.54, 1.807) is 24.8 Å². The Morgan fingerprint density at radius 2 is 2.05 bits per heavy atom. The number of amides is 1. The average Bonchev–Trinajstić information content (AvgIpc) is 3.43. The zero-order valence-electron chi connectivity index (χ0n) is 21.1. The van der Waals surface area contributed by atoms with Gasteiger partial charge in [0, 0.05) is 26.0 Å². The van der Waals surface area contributed by atoms with Crippen molar-refractivity contribution in [2.24, 2.45) is 18.9 Å². The molecule has 4 aromatic heterocycles. The van der Waals surface area contributed by atoms with Gasteiger partial charge in [-0.3, -0.25) is 14.2 Å². The molecule has 6 rings (SSSR count). The van der Waals surface area contributed by atoms with Crippen LogP contribution in [0.3, 0.4) is 0 Å². The summed E-state index contributed by atoms with van der Waals surface area (Å²) < 4.78 is 17.7. The van der Waals surface area contributed by atoms with Crippen LogP contribution in [0.25, 0.3) is 5.65 Å². The molecule has 2 aliphatic rings. The Bertz CT molecular complexity index is 1450. The van der Waals surface area contributed by atoms with Gasteiger partial charge in [-0.15, -0.1) is 10.2 Å². The molecule has 0 radical (unpaired) electrons. The lowest BCUT2D eigenvalue weighted by atomic mass is 9.59. The number of anilines is 1. The molecular weight excluding hydrogens is 471 g/mol. The van der Waals surface area contributed by atoms with Crippen molar-refractivity contribution < 1.29 is 9.18 Å². The number of hydrogen-bond acceptors (Lipinski definition) is 6. The summed E-state index contributed by atoms with van der Waals surface area (Å²) in [5.41, 5.74) is 2.70. The molecule has 2 N–H and O–H groups in total. The molecule has 0 bridgehead atoms. The first-order valence-corrected chi connectivity index (χ1v) is 12.9. The molecule has 0 aliphatic heterocycles. The van der Waals surface area contributed by atoms with Gasteiger partial charge in [-0.25, -0.2) is 4.98 Å². The average molecular weight is 503 g/mol. The Labute approximate surface area is 214 Å². The van der Waals surface area contributed by atoms with Gasteiger partial charge in [0.15, 0.2) is 5.65 Å². The zero-order valence-corrected chi connectivity index (χ0v) is 21.1. The van der Waals surface area contributed by atoms with Crippen LogP contribution in [0.1, 0.15) is 66.3 Å². The Hall–Kier alpha value is -3.66. The van der Waals surface area contributed by atoms with Gasteiger partial charge in [0.2, 0.25) is 5.95 Å². The monoisotopic (exact) mass is 502 g/mol. The van der Waals surface area contributed by atoms with Crippen LogP contribution in [0, 0.1) is 17.8 Å². The van der Waals surface area contributed by atoms with Crippen LogP contribution >= 0.6 is 0 Å². The molecule has 0 unspecified atom stereocenters. The summed E-state index contributed by atoms with van der Waals surface area (Å²) in [6.45, 7) is 3.70. The van der Waals surface area contributed by atoms with Crippen molar-refractivity contribution in [3.05, 3.63) is 71.7 Å². The highest BCUT2D eigenvalue weighted by Crippen LogP contribution is 2.51. The third-order valence-corrected chi connectivity index (χ3v) is 7.93. The molecule has 9 nitrogen and oxygen atoms in total. The minimum absolute atomic E-state index is 0.283. The van der Waals surface area contributed by atoms with E-state index < -0.39 is 5.95 Å². The number of imidazole rings is 1. The van der Waals surface area contributed by atoms with Gasteiger partial charge in [-0.05, 0) is 67.3 Å². The van der Waals surface area contributed by atoms with E-state index in [1.165, 1.54) is 23.7 Å². The van der Waals surface area contributed by atoms with Crippen LogP contribution in [0.15, 0.2) is 43.2 Å². The number of hydrogen-bond donors (Lipinski definition) is 2. The zero-order chi connectivity index (χ0) is 25.6. The lowest BCUT2D eigenvalue weighted by molar-refractivity contribution is 0.102. The molecule has 1 amide bonds. The third kappa shape index (κ3) is 4.29. The fraction of sp³-hybridized carbons (Fsp3) is 0.444. The Morgan fingerprint density at radius 1 is 1.22 bits per heavy atom. The second-order valence-electron chi connectivity index (χ2n) is 10.7. The summed E-state index contributed by atoms with van der Waals surface area (Å²) in [5, 5.41) is 14.9. The SMILES string of the molecule is CC1CC(c2cncc(NC(=O)c3cc(CNCC4CCC4)cn4c(F)cnc34)c2)(c2nncn2C)C1. The fourth-order valence-corrected chi connectivity index (χ4v) is 5.86. The fourth-order valence-electron chi connectivity index (χ4n) is 5.86. The first-order chi connectivity index (χ1) is 17.9. The van der Waals surface area contributed by atoms with Gasteiger partial charge in [0.05, 0.1) is 29.1 Å². The molecule has 2 saturated carbocycles. The van der Waals surface area contributed by atoms with Crippen molar-refractivity contribution in [3.63, 3.8) is 0 Å². The first kappa shape index (κ1) is 23.7. The minimum atomic E-state index is -0.502. The van der Waals surface area contributed by atoms with Crippen molar-refractivity contribution in [2.75, 3.05) is 11.9 Å². The summed E-state index contributed by atoms with van der Waals surface area (Å²) in [7, 11) is 1.95. The van der Waals surface area contributed by atoms with Crippen molar-refractivity contribution in [1.82, 2.24) is 34.4 Å². The quantitative estimate of drug-likeness (QED) is 0.379. The summed E-state index contributed by atoms with van der Waals surface area (Å²) in [6, 6.07) is 3.75. The number of nitrogens with zero attached hydrogens (tertiary/aromatic N) is 6. The van der Waals surface area contributed by atoms with Gasteiger partial charge in [-0.1, -0.05) is 13.3 Å². The van der Waals surface area contributed by atoms with Crippen LogP contribution in [0.2, 0.25) is 0 Å². The van der Waals surface area contributed by atoms with Crippen LogP contribution in [0.5, 0.6) is 0 Å². The molecule has 37 heavy (non-hydrogen) atoms. The third-order valence-electron chi connectivity index (χ3n) is 7.93. The number of aryl methyl sites for hydroxylation is 1. The highest BCUT2D eigenvalue weighted by Gasteiger charge is 2.48. The molecule has 0 aromatic carbocycles. The van der Waals surface area contributed by atoms with Gasteiger partial charge in [0.25, 0.3) is 5.91 Å². The Balaban J connectivity index is 1.27. The largest absolute Gasteiger partial charge is 0.320 e. The predicted molar refractivity (Wildman–Crippen MR) is 137 cm³/mol. The van der Waals surface area contributed by atoms with E-state index in [-0.39, 0.29) is 17.0 Å². The van der Waals surface area contributed by atoms with Crippen molar-refractivity contribution in [1.29, 1.82) is 0 Å². The lowest BCUT2D eigenvalue weighted by Crippen LogP contribution is -2.43. The van der Waals surface area contributed by atoms with E-state index >= 15 is 0 Å². The van der Waals surface area contributed by atoms with E-state index in [0.717, 1.165) is 42.5 Å². The molecule has 0 atom stereocenters. The number of rotatable bonds is 8. The maximum Gasteiger partial charge on any atom is 0.259 e. The van der Waals surface area contributed by atoms with Crippen molar-refractivity contribution in [3.8, 4) is 0 Å². The molecule has 192 valence electrons. The van der Waals surface area contributed by atoms with E-state index in [1.807, 2.05) is 23.9 Å². The van der Waals surface area contributed by atoms with Crippen LogP contribution in [0.4, 0.5) is 10.1 Å². The topological polar surface area (TPSA) is 102 Å². The molecule has 2 aliphatic carbocycles. The summed E-state index contributed by atoms with van der Waals surface area (Å²) in [4.78, 5) is 22.0. The molecule has 4 aromatic rings. The Morgan fingerprint density at radius 3 is 2.76 bits per heavy atom. The normalized spacial score (nSPS) is 21.5. The maximum absolute atomic E-state index is 14.5. The smallest absolute Gasteiger partial charge is 0.259 e. The first-order valence-electron chi connectivity index (χ1n) is 12.9. The molecule has 0 spiro atoms. The highest BCUT2D eigenvalue weighted by molar-refractivity contribution is 6.08. The number of halogens is 1. The molecule has 4 heterocycles. The highest BCUT2D eigenvalue weighted by atomic mass is 19.1. The molecule has 2 fully saturated rings. The van der Waals surface area contributed by atoms with Crippen LogP contribution < -0.4 is 10.6 Å². The number of pyridine rings is 2. The van der Waals surface area contributed by atoms with Crippen molar-refractivity contribution in [2.45, 2.75) is 51.0 Å². The van der Waals surface area contributed by atoms with Crippen LogP contribution in [-0.4, -0.2) is 41.6 Å². The number of fused-ring (bicyclic) bond motifs is 1. The second kappa shape index (κ2) is 9.33. The lowest BCUT2D eigenvalue weighted by Gasteiger charge is -2.45. The van der Waals surface area contributed by atoms with E-state index in [2.05, 4.69) is 37.7 Å². The summed E-state index contributed by atoms with van der Waals surface area (Å²) in [5.74, 6) is 1.30. The molecular formula is C27H31FN8O. The van der Waals surface area contributed by atoms with Gasteiger partial charge >= 0.3 is 0 Å².